The summed E-state index contributed by atoms with van der Waals surface area (Å²) < 4.78 is 0. The summed E-state index contributed by atoms with van der Waals surface area (Å²) in [4.78, 5) is 11.8. The molecular weight excluding hydrogens is 238 g/mol. The lowest BCUT2D eigenvalue weighted by Crippen LogP contribution is -2.27. The quantitative estimate of drug-likeness (QED) is 0.777. The first-order valence-corrected chi connectivity index (χ1v) is 6.54. The molecular formula is C15H17N3O. The van der Waals surface area contributed by atoms with Gasteiger partial charge in [-0.2, -0.15) is 0 Å². The van der Waals surface area contributed by atoms with Crippen molar-refractivity contribution >= 4 is 17.3 Å². The van der Waals surface area contributed by atoms with E-state index < -0.39 is 0 Å². The van der Waals surface area contributed by atoms with E-state index in [2.05, 4.69) is 23.1 Å². The van der Waals surface area contributed by atoms with E-state index in [0.717, 1.165) is 29.8 Å². The highest BCUT2D eigenvalue weighted by Crippen LogP contribution is 2.30. The van der Waals surface area contributed by atoms with E-state index in [1.165, 1.54) is 5.56 Å². The molecule has 0 unspecified atom stereocenters. The largest absolute Gasteiger partial charge is 0.326 e. The molecule has 3 rings (SSSR count). The van der Waals surface area contributed by atoms with E-state index in [1.807, 2.05) is 36.6 Å². The number of aryl methyl sites for hydroxylation is 1. The van der Waals surface area contributed by atoms with Crippen LogP contribution in [-0.4, -0.2) is 5.91 Å². The topological polar surface area (TPSA) is 53.2 Å². The molecule has 0 spiro atoms. The zero-order chi connectivity index (χ0) is 13.2. The number of amides is 1. The maximum Gasteiger partial charge on any atom is 0.227 e. The van der Waals surface area contributed by atoms with Gasteiger partial charge in [-0.15, -0.1) is 0 Å². The molecule has 1 aromatic rings. The summed E-state index contributed by atoms with van der Waals surface area (Å²) in [6.45, 7) is 2.06. The van der Waals surface area contributed by atoms with Gasteiger partial charge in [-0.05, 0) is 49.6 Å². The van der Waals surface area contributed by atoms with Gasteiger partial charge in [0.2, 0.25) is 5.91 Å². The number of carbonyl (C=O) groups excluding carboxylic acids is 1. The highest BCUT2D eigenvalue weighted by Gasteiger charge is 2.29. The van der Waals surface area contributed by atoms with E-state index in [9.17, 15) is 4.79 Å². The van der Waals surface area contributed by atoms with Crippen molar-refractivity contribution in [3.63, 3.8) is 0 Å². The number of allylic oxidation sites excluding steroid dienone is 2. The molecule has 1 fully saturated rings. The predicted octanol–water partition coefficient (Wildman–Crippen LogP) is 2.31. The van der Waals surface area contributed by atoms with E-state index in [-0.39, 0.29) is 11.8 Å². The lowest BCUT2D eigenvalue weighted by molar-refractivity contribution is -0.117. The van der Waals surface area contributed by atoms with Gasteiger partial charge in [0.25, 0.3) is 0 Å². The summed E-state index contributed by atoms with van der Waals surface area (Å²) in [6.07, 6.45) is 7.82. The second-order valence-corrected chi connectivity index (χ2v) is 5.00. The van der Waals surface area contributed by atoms with Crippen LogP contribution < -0.4 is 16.2 Å². The van der Waals surface area contributed by atoms with Gasteiger partial charge in [-0.25, -0.2) is 0 Å². The molecule has 0 atom stereocenters. The van der Waals surface area contributed by atoms with Crippen molar-refractivity contribution in [3.05, 3.63) is 47.7 Å². The minimum absolute atomic E-state index is 0.137. The smallest absolute Gasteiger partial charge is 0.227 e. The fraction of sp³-hybridized carbons (Fsp3) is 0.267. The summed E-state index contributed by atoms with van der Waals surface area (Å²) in [5.74, 6) is 0.361. The summed E-state index contributed by atoms with van der Waals surface area (Å²) >= 11 is 0. The zero-order valence-electron chi connectivity index (χ0n) is 10.9. The van der Waals surface area contributed by atoms with Crippen LogP contribution in [0, 0.1) is 12.8 Å². The first-order valence-electron chi connectivity index (χ1n) is 6.54. The van der Waals surface area contributed by atoms with Crippen molar-refractivity contribution in [1.82, 2.24) is 10.9 Å². The molecule has 0 bridgehead atoms. The zero-order valence-corrected chi connectivity index (χ0v) is 10.9. The molecule has 0 saturated heterocycles. The normalized spacial score (nSPS) is 17.2. The van der Waals surface area contributed by atoms with Gasteiger partial charge in [0.1, 0.15) is 0 Å². The third kappa shape index (κ3) is 2.62. The second kappa shape index (κ2) is 4.80. The monoisotopic (exact) mass is 255 g/mol. The van der Waals surface area contributed by atoms with Crippen molar-refractivity contribution in [1.29, 1.82) is 0 Å². The Kier molecular flexibility index (Phi) is 2.99. The Morgan fingerprint density at radius 2 is 2.21 bits per heavy atom. The van der Waals surface area contributed by atoms with Crippen molar-refractivity contribution in [2.24, 2.45) is 5.92 Å². The Labute approximate surface area is 112 Å². The molecule has 3 N–H and O–H groups in total. The molecule has 1 saturated carbocycles. The number of nitrogens with one attached hydrogen (secondary N) is 3. The first kappa shape index (κ1) is 11.8. The van der Waals surface area contributed by atoms with Crippen molar-refractivity contribution in [2.75, 3.05) is 5.32 Å². The van der Waals surface area contributed by atoms with Crippen LogP contribution in [0.1, 0.15) is 24.0 Å². The molecule has 2 aliphatic rings. The molecule has 4 nitrogen and oxygen atoms in total. The van der Waals surface area contributed by atoms with Crippen LogP contribution in [0.2, 0.25) is 0 Å². The third-order valence-corrected chi connectivity index (χ3v) is 3.39. The van der Waals surface area contributed by atoms with Gasteiger partial charge >= 0.3 is 0 Å². The van der Waals surface area contributed by atoms with Crippen LogP contribution in [-0.2, 0) is 4.79 Å². The van der Waals surface area contributed by atoms with E-state index in [4.69, 9.17) is 0 Å². The van der Waals surface area contributed by atoms with Crippen molar-refractivity contribution < 1.29 is 4.79 Å². The fourth-order valence-electron chi connectivity index (χ4n) is 2.09. The van der Waals surface area contributed by atoms with Gasteiger partial charge in [0.15, 0.2) is 0 Å². The maximum atomic E-state index is 11.8. The maximum absolute atomic E-state index is 11.8. The standard InChI is InChI=1S/C15H17N3O/c1-10-4-7-12(17-15(19)11-5-6-11)9-13(10)14-3-2-8-16-18-14/h2-4,7-9,11,16,18H,5-6H2,1H3,(H,17,19). The third-order valence-electron chi connectivity index (χ3n) is 3.39. The van der Waals surface area contributed by atoms with E-state index in [1.54, 1.807) is 0 Å². The highest BCUT2D eigenvalue weighted by molar-refractivity contribution is 5.94. The number of carbonyl (C=O) groups is 1. The summed E-state index contributed by atoms with van der Waals surface area (Å²) in [5.41, 5.74) is 10.2. The summed E-state index contributed by atoms with van der Waals surface area (Å²) in [5, 5.41) is 2.98. The second-order valence-electron chi connectivity index (χ2n) is 5.00. The van der Waals surface area contributed by atoms with Crippen LogP contribution in [0.5, 0.6) is 0 Å². The molecule has 19 heavy (non-hydrogen) atoms. The van der Waals surface area contributed by atoms with Gasteiger partial charge in [-0.3, -0.25) is 4.79 Å². The average molecular weight is 255 g/mol. The van der Waals surface area contributed by atoms with E-state index in [0.29, 0.717) is 0 Å². The van der Waals surface area contributed by atoms with Crippen LogP contribution in [0.15, 0.2) is 36.6 Å². The molecule has 98 valence electrons. The minimum Gasteiger partial charge on any atom is -0.326 e. The summed E-state index contributed by atoms with van der Waals surface area (Å²) in [7, 11) is 0. The minimum atomic E-state index is 0.137. The number of anilines is 1. The fourth-order valence-corrected chi connectivity index (χ4v) is 2.09. The Bertz CT molecular complexity index is 571. The lowest BCUT2D eigenvalue weighted by Gasteiger charge is -2.17. The molecule has 1 heterocycles. The molecule has 0 radical (unpaired) electrons. The number of hydrogen-bond acceptors (Lipinski definition) is 3. The number of rotatable bonds is 3. The molecule has 0 aromatic heterocycles. The average Bonchev–Trinajstić information content (AvgIpc) is 3.26. The molecule has 1 aliphatic heterocycles. The summed E-state index contributed by atoms with van der Waals surface area (Å²) in [6, 6.07) is 5.99. The van der Waals surface area contributed by atoms with Gasteiger partial charge in [0.05, 0.1) is 5.70 Å². The van der Waals surface area contributed by atoms with Crippen LogP contribution >= 0.6 is 0 Å². The first-order chi connectivity index (χ1) is 9.24. The van der Waals surface area contributed by atoms with E-state index >= 15 is 0 Å². The Balaban J connectivity index is 1.84. The molecule has 4 heteroatoms. The van der Waals surface area contributed by atoms with Crippen LogP contribution in [0.3, 0.4) is 0 Å². The van der Waals surface area contributed by atoms with Crippen LogP contribution in [0.4, 0.5) is 5.69 Å². The van der Waals surface area contributed by atoms with Crippen LogP contribution in [0.25, 0.3) is 5.70 Å². The Morgan fingerprint density at radius 1 is 1.37 bits per heavy atom. The SMILES string of the molecule is Cc1ccc(NC(=O)C2CC2)cc1C1=CC=CNN1. The van der Waals surface area contributed by atoms with Gasteiger partial charge in [0, 0.05) is 23.4 Å². The molecule has 1 aromatic carbocycles. The van der Waals surface area contributed by atoms with Crippen molar-refractivity contribution in [2.45, 2.75) is 19.8 Å². The highest BCUT2D eigenvalue weighted by atomic mass is 16.2. The predicted molar refractivity (Wildman–Crippen MR) is 75.9 cm³/mol. The van der Waals surface area contributed by atoms with Crippen molar-refractivity contribution in [3.8, 4) is 0 Å². The number of benzene rings is 1. The number of hydrogen-bond donors (Lipinski definition) is 3. The van der Waals surface area contributed by atoms with Gasteiger partial charge in [-0.1, -0.05) is 6.07 Å². The Morgan fingerprint density at radius 3 is 2.89 bits per heavy atom. The number of hydrazine groups is 1. The van der Waals surface area contributed by atoms with Gasteiger partial charge < -0.3 is 16.2 Å². The lowest BCUT2D eigenvalue weighted by atomic mass is 10.0. The molecule has 1 amide bonds. The molecule has 1 aliphatic carbocycles. The Hall–Kier alpha value is -2.23.